The number of para-hydroxylation sites is 1. The lowest BCUT2D eigenvalue weighted by molar-refractivity contribution is 0.0987. The first-order chi connectivity index (χ1) is 14.5. The van der Waals surface area contributed by atoms with E-state index in [0.29, 0.717) is 17.2 Å². The van der Waals surface area contributed by atoms with Crippen LogP contribution in [0.5, 0.6) is 0 Å². The van der Waals surface area contributed by atoms with Crippen LogP contribution in [-0.4, -0.2) is 43.3 Å². The third-order valence-electron chi connectivity index (χ3n) is 5.86. The largest absolute Gasteiger partial charge is 0.311 e. The zero-order chi connectivity index (χ0) is 22.1. The van der Waals surface area contributed by atoms with Crippen molar-refractivity contribution in [2.24, 2.45) is 0 Å². The summed E-state index contributed by atoms with van der Waals surface area (Å²) in [6.45, 7) is 6.71. The average Bonchev–Trinajstić information content (AvgIpc) is 2.79. The Bertz CT molecular complexity index is 829. The lowest BCUT2D eigenvalue weighted by Gasteiger charge is -2.32. The minimum Gasteiger partial charge on any atom is -0.311 e. The highest BCUT2D eigenvalue weighted by atomic mass is 16.2. The number of benzene rings is 2. The summed E-state index contributed by atoms with van der Waals surface area (Å²) in [5.74, 6) is -0.0530. The number of aryl methyl sites for hydroxylation is 1. The van der Waals surface area contributed by atoms with Gasteiger partial charge in [0.25, 0.3) is 5.91 Å². The maximum atomic E-state index is 13.0. The summed E-state index contributed by atoms with van der Waals surface area (Å²) in [6.07, 6.45) is 5.94. The molecule has 4 heteroatoms. The van der Waals surface area contributed by atoms with Crippen LogP contribution >= 0.6 is 0 Å². The van der Waals surface area contributed by atoms with Crippen molar-refractivity contribution >= 4 is 17.4 Å². The molecule has 30 heavy (non-hydrogen) atoms. The number of ketones is 1. The Hall–Kier alpha value is -2.46. The Kier molecular flexibility index (Phi) is 9.25. The van der Waals surface area contributed by atoms with E-state index in [0.717, 1.165) is 18.5 Å². The highest BCUT2D eigenvalue weighted by Crippen LogP contribution is 2.25. The predicted molar refractivity (Wildman–Crippen MR) is 126 cm³/mol. The molecule has 1 unspecified atom stereocenters. The molecule has 0 spiro atoms. The molecule has 1 aliphatic rings. The van der Waals surface area contributed by atoms with Gasteiger partial charge in [0.15, 0.2) is 5.78 Å². The van der Waals surface area contributed by atoms with Crippen LogP contribution in [0, 0.1) is 0 Å². The third kappa shape index (κ3) is 6.02. The van der Waals surface area contributed by atoms with Gasteiger partial charge in [-0.05, 0) is 70.0 Å². The topological polar surface area (TPSA) is 40.6 Å². The number of amides is 1. The molecule has 162 valence electrons. The van der Waals surface area contributed by atoms with Crippen molar-refractivity contribution in [3.63, 3.8) is 0 Å². The molecule has 3 rings (SSSR count). The average molecular weight is 409 g/mol. The molecule has 1 fully saturated rings. The second kappa shape index (κ2) is 11.7. The quantitative estimate of drug-likeness (QED) is 0.583. The summed E-state index contributed by atoms with van der Waals surface area (Å²) in [4.78, 5) is 28.6. The number of anilines is 1. The van der Waals surface area contributed by atoms with Gasteiger partial charge in [-0.15, -0.1) is 0 Å². The van der Waals surface area contributed by atoms with Gasteiger partial charge in [-0.2, -0.15) is 0 Å². The number of carbonyl (C=O) groups excluding carboxylic acids is 2. The SMILES string of the molecule is CC.CC(=O)c1ccc(C(=O)N(C)c2ccccc2CCC2CCCCN2C)cc1. The van der Waals surface area contributed by atoms with Crippen LogP contribution in [0.15, 0.2) is 48.5 Å². The first-order valence-electron chi connectivity index (χ1n) is 11.1. The molecule has 1 heterocycles. The summed E-state index contributed by atoms with van der Waals surface area (Å²) >= 11 is 0. The molecule has 2 aromatic carbocycles. The number of nitrogens with zero attached hydrogens (tertiary/aromatic N) is 2. The van der Waals surface area contributed by atoms with Crippen molar-refractivity contribution in [2.75, 3.05) is 25.5 Å². The van der Waals surface area contributed by atoms with E-state index in [-0.39, 0.29) is 11.7 Å². The van der Waals surface area contributed by atoms with Gasteiger partial charge in [0.1, 0.15) is 0 Å². The Labute approximate surface area is 181 Å². The van der Waals surface area contributed by atoms with Gasteiger partial charge >= 0.3 is 0 Å². The van der Waals surface area contributed by atoms with Gasteiger partial charge in [-0.1, -0.05) is 50.6 Å². The van der Waals surface area contributed by atoms with E-state index in [4.69, 9.17) is 0 Å². The molecular formula is C26H36N2O2. The predicted octanol–water partition coefficient (Wildman–Crippen LogP) is 5.61. The summed E-state index contributed by atoms with van der Waals surface area (Å²) in [5, 5.41) is 0. The number of hydrogen-bond acceptors (Lipinski definition) is 3. The third-order valence-corrected chi connectivity index (χ3v) is 5.86. The molecule has 1 aliphatic heterocycles. The van der Waals surface area contributed by atoms with Crippen molar-refractivity contribution in [3.05, 3.63) is 65.2 Å². The zero-order valence-electron chi connectivity index (χ0n) is 19.1. The van der Waals surface area contributed by atoms with Crippen LogP contribution in [0.1, 0.15) is 72.7 Å². The van der Waals surface area contributed by atoms with Crippen LogP contribution < -0.4 is 4.90 Å². The van der Waals surface area contributed by atoms with Crippen molar-refractivity contribution in [1.29, 1.82) is 0 Å². The Balaban J connectivity index is 0.00000155. The molecule has 1 amide bonds. The summed E-state index contributed by atoms with van der Waals surface area (Å²) < 4.78 is 0. The normalized spacial score (nSPS) is 16.4. The van der Waals surface area contributed by atoms with Crippen molar-refractivity contribution in [2.45, 2.75) is 58.9 Å². The van der Waals surface area contributed by atoms with E-state index in [9.17, 15) is 9.59 Å². The molecule has 1 saturated heterocycles. The maximum absolute atomic E-state index is 13.0. The number of Topliss-reactive ketones (excluding diaryl/α,β-unsaturated/α-hetero) is 1. The molecule has 1 atom stereocenters. The summed E-state index contributed by atoms with van der Waals surface area (Å²) in [7, 11) is 4.04. The lowest BCUT2D eigenvalue weighted by Crippen LogP contribution is -2.36. The van der Waals surface area contributed by atoms with E-state index < -0.39 is 0 Å². The maximum Gasteiger partial charge on any atom is 0.258 e. The van der Waals surface area contributed by atoms with Crippen LogP contribution in [0.4, 0.5) is 5.69 Å². The molecule has 0 saturated carbocycles. The number of carbonyl (C=O) groups is 2. The van der Waals surface area contributed by atoms with E-state index in [1.165, 1.54) is 38.3 Å². The van der Waals surface area contributed by atoms with Gasteiger partial charge in [-0.3, -0.25) is 9.59 Å². The standard InChI is InChI=1S/C24H30N2O2.C2H6/c1-18(27)19-11-13-21(14-12-19)24(28)26(3)23-10-5-4-8-20(23)15-16-22-9-6-7-17-25(22)2;1-2/h4-5,8,10-14,22H,6-7,9,15-17H2,1-3H3;1-2H3. The van der Waals surface area contributed by atoms with Crippen LogP contribution in [0.2, 0.25) is 0 Å². The minimum atomic E-state index is -0.0580. The van der Waals surface area contributed by atoms with Crippen LogP contribution in [0.25, 0.3) is 0 Å². The molecular weight excluding hydrogens is 372 g/mol. The fourth-order valence-corrected chi connectivity index (χ4v) is 4.03. The second-order valence-electron chi connectivity index (χ2n) is 7.80. The fraction of sp³-hybridized carbons (Fsp3) is 0.462. The van der Waals surface area contributed by atoms with Crippen molar-refractivity contribution in [1.82, 2.24) is 4.90 Å². The Morgan fingerprint density at radius 2 is 1.63 bits per heavy atom. The Morgan fingerprint density at radius 3 is 2.27 bits per heavy atom. The van der Waals surface area contributed by atoms with Crippen LogP contribution in [0.3, 0.4) is 0 Å². The number of piperidine rings is 1. The molecule has 0 radical (unpaired) electrons. The fourth-order valence-electron chi connectivity index (χ4n) is 4.03. The summed E-state index contributed by atoms with van der Waals surface area (Å²) in [5.41, 5.74) is 3.38. The highest BCUT2D eigenvalue weighted by Gasteiger charge is 2.20. The number of hydrogen-bond donors (Lipinski definition) is 0. The highest BCUT2D eigenvalue weighted by molar-refractivity contribution is 6.06. The summed E-state index contributed by atoms with van der Waals surface area (Å²) in [6, 6.07) is 15.7. The van der Waals surface area contributed by atoms with Gasteiger partial charge in [0, 0.05) is 29.9 Å². The van der Waals surface area contributed by atoms with Crippen LogP contribution in [-0.2, 0) is 6.42 Å². The van der Waals surface area contributed by atoms with E-state index in [1.54, 1.807) is 29.2 Å². The second-order valence-corrected chi connectivity index (χ2v) is 7.80. The van der Waals surface area contributed by atoms with Crippen molar-refractivity contribution in [3.8, 4) is 0 Å². The van der Waals surface area contributed by atoms with E-state index in [1.807, 2.05) is 39.1 Å². The number of likely N-dealkylation sites (tertiary alicyclic amines) is 1. The molecule has 0 aliphatic carbocycles. The van der Waals surface area contributed by atoms with Gasteiger partial charge < -0.3 is 9.80 Å². The molecule has 0 aromatic heterocycles. The van der Waals surface area contributed by atoms with Gasteiger partial charge in [0.05, 0.1) is 0 Å². The Morgan fingerprint density at radius 1 is 1.00 bits per heavy atom. The lowest BCUT2D eigenvalue weighted by atomic mass is 9.95. The smallest absolute Gasteiger partial charge is 0.258 e. The molecule has 0 bridgehead atoms. The van der Waals surface area contributed by atoms with E-state index >= 15 is 0 Å². The van der Waals surface area contributed by atoms with Gasteiger partial charge in [-0.25, -0.2) is 0 Å². The van der Waals surface area contributed by atoms with Gasteiger partial charge in [0.2, 0.25) is 0 Å². The molecule has 2 aromatic rings. The number of rotatable bonds is 6. The first kappa shape index (κ1) is 23.8. The monoisotopic (exact) mass is 408 g/mol. The van der Waals surface area contributed by atoms with E-state index in [2.05, 4.69) is 18.0 Å². The molecule has 0 N–H and O–H groups in total. The van der Waals surface area contributed by atoms with Crippen molar-refractivity contribution < 1.29 is 9.59 Å². The minimum absolute atomic E-state index is 0.00498. The first-order valence-corrected chi connectivity index (χ1v) is 11.1. The zero-order valence-corrected chi connectivity index (χ0v) is 19.1. The molecule has 4 nitrogen and oxygen atoms in total.